The standard InChI is InChI=1S/C15H19NO5/c1-11-8-16(9-13(21-11)7-14(17)18)15(19)20-10-12-5-3-2-4-6-12/h2-6,11,13H,7-10H2,1H3,(H,17,18). The second-order valence-electron chi connectivity index (χ2n) is 5.11. The second kappa shape index (κ2) is 7.08. The average Bonchev–Trinajstić information content (AvgIpc) is 2.44. The molecule has 1 aromatic carbocycles. The van der Waals surface area contributed by atoms with E-state index in [0.717, 1.165) is 5.56 Å². The Kier molecular flexibility index (Phi) is 5.16. The maximum Gasteiger partial charge on any atom is 0.410 e. The summed E-state index contributed by atoms with van der Waals surface area (Å²) < 4.78 is 10.8. The summed E-state index contributed by atoms with van der Waals surface area (Å²) in [5, 5.41) is 8.81. The number of benzene rings is 1. The topological polar surface area (TPSA) is 76.1 Å². The van der Waals surface area contributed by atoms with Crippen LogP contribution in [0.5, 0.6) is 0 Å². The molecule has 2 rings (SSSR count). The summed E-state index contributed by atoms with van der Waals surface area (Å²) in [6.07, 6.45) is -1.25. The number of amides is 1. The quantitative estimate of drug-likeness (QED) is 0.917. The number of ether oxygens (including phenoxy) is 2. The largest absolute Gasteiger partial charge is 0.481 e. The highest BCUT2D eigenvalue weighted by Crippen LogP contribution is 2.15. The van der Waals surface area contributed by atoms with E-state index in [4.69, 9.17) is 14.6 Å². The highest BCUT2D eigenvalue weighted by molar-refractivity contribution is 5.69. The molecule has 1 saturated heterocycles. The van der Waals surface area contributed by atoms with Crippen molar-refractivity contribution in [1.29, 1.82) is 0 Å². The molecule has 2 unspecified atom stereocenters. The van der Waals surface area contributed by atoms with E-state index in [0.29, 0.717) is 6.54 Å². The van der Waals surface area contributed by atoms with Crippen LogP contribution in [0.3, 0.4) is 0 Å². The van der Waals surface area contributed by atoms with Gasteiger partial charge >= 0.3 is 12.1 Å². The van der Waals surface area contributed by atoms with Gasteiger partial charge in [0.15, 0.2) is 0 Å². The molecule has 2 atom stereocenters. The van der Waals surface area contributed by atoms with Crippen molar-refractivity contribution in [2.24, 2.45) is 0 Å². The van der Waals surface area contributed by atoms with E-state index < -0.39 is 18.2 Å². The zero-order valence-electron chi connectivity index (χ0n) is 11.9. The van der Waals surface area contributed by atoms with Gasteiger partial charge in [-0.3, -0.25) is 4.79 Å². The first-order valence-electron chi connectivity index (χ1n) is 6.87. The Morgan fingerprint density at radius 1 is 1.33 bits per heavy atom. The minimum atomic E-state index is -0.938. The van der Waals surface area contributed by atoms with Crippen LogP contribution in [0.15, 0.2) is 30.3 Å². The predicted molar refractivity (Wildman–Crippen MR) is 74.8 cm³/mol. The zero-order valence-corrected chi connectivity index (χ0v) is 11.9. The van der Waals surface area contributed by atoms with E-state index in [1.54, 1.807) is 0 Å². The van der Waals surface area contributed by atoms with Crippen LogP contribution in [0.25, 0.3) is 0 Å². The zero-order chi connectivity index (χ0) is 15.2. The summed E-state index contributed by atoms with van der Waals surface area (Å²) in [6, 6.07) is 9.40. The van der Waals surface area contributed by atoms with Gasteiger partial charge in [-0.25, -0.2) is 4.79 Å². The number of nitrogens with zero attached hydrogens (tertiary/aromatic N) is 1. The number of hydrogen-bond acceptors (Lipinski definition) is 4. The summed E-state index contributed by atoms with van der Waals surface area (Å²) in [6.45, 7) is 2.66. The highest BCUT2D eigenvalue weighted by atomic mass is 16.6. The molecule has 1 fully saturated rings. The van der Waals surface area contributed by atoms with Crippen molar-refractivity contribution < 1.29 is 24.2 Å². The van der Waals surface area contributed by atoms with Gasteiger partial charge in [-0.2, -0.15) is 0 Å². The molecule has 0 spiro atoms. The van der Waals surface area contributed by atoms with E-state index in [9.17, 15) is 9.59 Å². The van der Waals surface area contributed by atoms with Crippen LogP contribution < -0.4 is 0 Å². The summed E-state index contributed by atoms with van der Waals surface area (Å²) in [7, 11) is 0. The Balaban J connectivity index is 1.87. The number of carbonyl (C=O) groups excluding carboxylic acids is 1. The van der Waals surface area contributed by atoms with Crippen LogP contribution >= 0.6 is 0 Å². The molecule has 0 aliphatic carbocycles. The Morgan fingerprint density at radius 3 is 2.71 bits per heavy atom. The Labute approximate surface area is 123 Å². The molecule has 0 bridgehead atoms. The lowest BCUT2D eigenvalue weighted by Gasteiger charge is -2.35. The third-order valence-corrected chi connectivity index (χ3v) is 3.19. The van der Waals surface area contributed by atoms with Crippen LogP contribution in [0.4, 0.5) is 4.79 Å². The van der Waals surface area contributed by atoms with Crippen molar-refractivity contribution >= 4 is 12.1 Å². The molecule has 0 radical (unpaired) electrons. The molecule has 0 saturated carbocycles. The molecular formula is C15H19NO5. The number of carbonyl (C=O) groups is 2. The van der Waals surface area contributed by atoms with Gasteiger partial charge in [-0.15, -0.1) is 0 Å². The van der Waals surface area contributed by atoms with E-state index in [1.807, 2.05) is 37.3 Å². The fourth-order valence-corrected chi connectivity index (χ4v) is 2.31. The first-order chi connectivity index (χ1) is 10.0. The second-order valence-corrected chi connectivity index (χ2v) is 5.11. The van der Waals surface area contributed by atoms with Crippen molar-refractivity contribution in [1.82, 2.24) is 4.90 Å². The molecule has 1 heterocycles. The normalized spacial score (nSPS) is 21.9. The maximum absolute atomic E-state index is 12.0. The van der Waals surface area contributed by atoms with Gasteiger partial charge in [-0.1, -0.05) is 30.3 Å². The van der Waals surface area contributed by atoms with E-state index in [1.165, 1.54) is 4.90 Å². The Bertz CT molecular complexity index is 490. The predicted octanol–water partition coefficient (Wildman–Crippen LogP) is 1.89. The molecule has 1 amide bonds. The number of hydrogen-bond donors (Lipinski definition) is 1. The fourth-order valence-electron chi connectivity index (χ4n) is 2.31. The van der Waals surface area contributed by atoms with Gasteiger partial charge in [0.2, 0.25) is 0 Å². The number of aliphatic carboxylic acids is 1. The molecule has 21 heavy (non-hydrogen) atoms. The molecule has 6 nitrogen and oxygen atoms in total. The summed E-state index contributed by atoms with van der Waals surface area (Å²) in [5.41, 5.74) is 0.911. The molecule has 114 valence electrons. The lowest BCUT2D eigenvalue weighted by Crippen LogP contribution is -2.49. The van der Waals surface area contributed by atoms with Crippen LogP contribution in [-0.2, 0) is 20.9 Å². The summed E-state index contributed by atoms with van der Waals surface area (Å²) in [4.78, 5) is 24.3. The van der Waals surface area contributed by atoms with E-state index in [2.05, 4.69) is 0 Å². The van der Waals surface area contributed by atoms with Crippen molar-refractivity contribution in [3.63, 3.8) is 0 Å². The molecule has 6 heteroatoms. The first kappa shape index (κ1) is 15.3. The van der Waals surface area contributed by atoms with Gasteiger partial charge in [-0.05, 0) is 12.5 Å². The summed E-state index contributed by atoms with van der Waals surface area (Å²) >= 11 is 0. The third-order valence-electron chi connectivity index (χ3n) is 3.19. The summed E-state index contributed by atoms with van der Waals surface area (Å²) in [5.74, 6) is -0.938. The molecule has 1 aliphatic rings. The maximum atomic E-state index is 12.0. The van der Waals surface area contributed by atoms with E-state index in [-0.39, 0.29) is 25.7 Å². The minimum Gasteiger partial charge on any atom is -0.481 e. The third kappa shape index (κ3) is 4.75. The van der Waals surface area contributed by atoms with Crippen LogP contribution in [0.2, 0.25) is 0 Å². The fraction of sp³-hybridized carbons (Fsp3) is 0.467. The van der Waals surface area contributed by atoms with E-state index >= 15 is 0 Å². The Hall–Kier alpha value is -2.08. The molecule has 1 N–H and O–H groups in total. The average molecular weight is 293 g/mol. The SMILES string of the molecule is CC1CN(C(=O)OCc2ccccc2)CC(CC(=O)O)O1. The van der Waals surface area contributed by atoms with Gasteiger partial charge in [0, 0.05) is 0 Å². The van der Waals surface area contributed by atoms with Crippen LogP contribution in [-0.4, -0.2) is 47.4 Å². The minimum absolute atomic E-state index is 0.118. The molecule has 1 aromatic rings. The van der Waals surface area contributed by atoms with Gasteiger partial charge in [0.1, 0.15) is 6.61 Å². The monoisotopic (exact) mass is 293 g/mol. The van der Waals surface area contributed by atoms with Gasteiger partial charge < -0.3 is 19.5 Å². The van der Waals surface area contributed by atoms with Crippen LogP contribution in [0.1, 0.15) is 18.9 Å². The Morgan fingerprint density at radius 2 is 2.05 bits per heavy atom. The highest BCUT2D eigenvalue weighted by Gasteiger charge is 2.30. The van der Waals surface area contributed by atoms with Crippen LogP contribution in [0, 0.1) is 0 Å². The number of morpholine rings is 1. The lowest BCUT2D eigenvalue weighted by molar-refractivity contribution is -0.144. The lowest BCUT2D eigenvalue weighted by atomic mass is 10.2. The van der Waals surface area contributed by atoms with Gasteiger partial charge in [0.25, 0.3) is 0 Å². The molecule has 0 aromatic heterocycles. The number of rotatable bonds is 4. The molecule has 1 aliphatic heterocycles. The van der Waals surface area contributed by atoms with Crippen molar-refractivity contribution in [2.45, 2.75) is 32.2 Å². The number of carboxylic acids is 1. The van der Waals surface area contributed by atoms with Crippen molar-refractivity contribution in [3.8, 4) is 0 Å². The van der Waals surface area contributed by atoms with Crippen molar-refractivity contribution in [3.05, 3.63) is 35.9 Å². The van der Waals surface area contributed by atoms with Gasteiger partial charge in [0.05, 0.1) is 31.7 Å². The number of carboxylic acid groups (broad SMARTS) is 1. The first-order valence-corrected chi connectivity index (χ1v) is 6.87. The smallest absolute Gasteiger partial charge is 0.410 e. The molecular weight excluding hydrogens is 274 g/mol. The van der Waals surface area contributed by atoms with Crippen molar-refractivity contribution in [2.75, 3.05) is 13.1 Å².